The zero-order chi connectivity index (χ0) is 14.8. The molecule has 2 N–H and O–H groups in total. The molecule has 2 aromatic carbocycles. The number of benzene rings is 2. The van der Waals surface area contributed by atoms with Crippen LogP contribution in [0, 0.1) is 5.82 Å². The van der Waals surface area contributed by atoms with Gasteiger partial charge in [0.1, 0.15) is 5.82 Å². The van der Waals surface area contributed by atoms with E-state index in [1.165, 1.54) is 12.1 Å². The van der Waals surface area contributed by atoms with Crippen LogP contribution in [0.2, 0.25) is 0 Å². The van der Waals surface area contributed by atoms with Gasteiger partial charge in [-0.3, -0.25) is 0 Å². The van der Waals surface area contributed by atoms with Crippen molar-refractivity contribution in [2.75, 3.05) is 14.2 Å². The van der Waals surface area contributed by atoms with Crippen LogP contribution < -0.4 is 15.2 Å². The average Bonchev–Trinajstić information content (AvgIpc) is 2.46. The third kappa shape index (κ3) is 2.60. The first-order valence-corrected chi connectivity index (χ1v) is 6.26. The van der Waals surface area contributed by atoms with Crippen LogP contribution >= 0.6 is 0 Å². The van der Waals surface area contributed by atoms with Gasteiger partial charge in [-0.05, 0) is 42.3 Å². The summed E-state index contributed by atoms with van der Waals surface area (Å²) >= 11 is 0. The SMILES string of the molecule is COc1ccc(C(C)(N)c2cccc(F)c2)cc1OC. The Labute approximate surface area is 118 Å². The molecule has 1 unspecified atom stereocenters. The minimum absolute atomic E-state index is 0.306. The fourth-order valence-electron chi connectivity index (χ4n) is 2.14. The molecule has 0 spiro atoms. The smallest absolute Gasteiger partial charge is 0.161 e. The van der Waals surface area contributed by atoms with Crippen molar-refractivity contribution in [2.45, 2.75) is 12.5 Å². The van der Waals surface area contributed by atoms with Crippen molar-refractivity contribution < 1.29 is 13.9 Å². The fraction of sp³-hybridized carbons (Fsp3) is 0.250. The third-order valence-corrected chi connectivity index (χ3v) is 3.41. The predicted octanol–water partition coefficient (Wildman–Crippen LogP) is 3.07. The molecule has 20 heavy (non-hydrogen) atoms. The lowest BCUT2D eigenvalue weighted by molar-refractivity contribution is 0.353. The summed E-state index contributed by atoms with van der Waals surface area (Å²) in [6.07, 6.45) is 0. The normalized spacial score (nSPS) is 13.7. The van der Waals surface area contributed by atoms with E-state index >= 15 is 0 Å². The molecule has 2 aromatic rings. The van der Waals surface area contributed by atoms with Crippen LogP contribution in [0.3, 0.4) is 0 Å². The van der Waals surface area contributed by atoms with Gasteiger partial charge in [0.25, 0.3) is 0 Å². The summed E-state index contributed by atoms with van der Waals surface area (Å²) in [4.78, 5) is 0. The minimum Gasteiger partial charge on any atom is -0.493 e. The number of rotatable bonds is 4. The number of nitrogens with two attached hydrogens (primary N) is 1. The van der Waals surface area contributed by atoms with Gasteiger partial charge in [-0.1, -0.05) is 18.2 Å². The maximum Gasteiger partial charge on any atom is 0.161 e. The number of halogens is 1. The second-order valence-corrected chi connectivity index (χ2v) is 4.78. The van der Waals surface area contributed by atoms with Crippen molar-refractivity contribution in [1.82, 2.24) is 0 Å². The van der Waals surface area contributed by atoms with Crippen molar-refractivity contribution >= 4 is 0 Å². The molecule has 0 aliphatic carbocycles. The van der Waals surface area contributed by atoms with Gasteiger partial charge in [0.2, 0.25) is 0 Å². The molecule has 0 amide bonds. The summed E-state index contributed by atoms with van der Waals surface area (Å²) in [5, 5.41) is 0. The first-order valence-electron chi connectivity index (χ1n) is 6.26. The molecule has 0 aliphatic rings. The Balaban J connectivity index is 2.48. The predicted molar refractivity (Wildman–Crippen MR) is 76.6 cm³/mol. The zero-order valence-electron chi connectivity index (χ0n) is 11.8. The van der Waals surface area contributed by atoms with Crippen LogP contribution in [0.1, 0.15) is 18.1 Å². The zero-order valence-corrected chi connectivity index (χ0v) is 11.8. The summed E-state index contributed by atoms with van der Waals surface area (Å²) in [7, 11) is 3.14. The topological polar surface area (TPSA) is 44.5 Å². The minimum atomic E-state index is -0.818. The van der Waals surface area contributed by atoms with Gasteiger partial charge < -0.3 is 15.2 Å². The first-order chi connectivity index (χ1) is 9.48. The quantitative estimate of drug-likeness (QED) is 0.932. The summed E-state index contributed by atoms with van der Waals surface area (Å²) in [5.41, 5.74) is 7.08. The molecule has 106 valence electrons. The lowest BCUT2D eigenvalue weighted by Crippen LogP contribution is -2.34. The Morgan fingerprint density at radius 1 is 0.950 bits per heavy atom. The Kier molecular flexibility index (Phi) is 3.95. The molecule has 0 saturated carbocycles. The van der Waals surface area contributed by atoms with Crippen molar-refractivity contribution in [2.24, 2.45) is 5.73 Å². The molecule has 0 fully saturated rings. The first kappa shape index (κ1) is 14.3. The summed E-state index contributed by atoms with van der Waals surface area (Å²) in [5.74, 6) is 0.920. The van der Waals surface area contributed by atoms with Gasteiger partial charge >= 0.3 is 0 Å². The molecule has 3 nitrogen and oxygen atoms in total. The van der Waals surface area contributed by atoms with E-state index in [2.05, 4.69) is 0 Å². The monoisotopic (exact) mass is 275 g/mol. The van der Waals surface area contributed by atoms with Crippen LogP contribution in [0.15, 0.2) is 42.5 Å². The van der Waals surface area contributed by atoms with E-state index < -0.39 is 5.54 Å². The molecule has 0 aromatic heterocycles. The largest absolute Gasteiger partial charge is 0.493 e. The summed E-state index contributed by atoms with van der Waals surface area (Å²) < 4.78 is 23.9. The van der Waals surface area contributed by atoms with Gasteiger partial charge in [0, 0.05) is 0 Å². The average molecular weight is 275 g/mol. The summed E-state index contributed by atoms with van der Waals surface area (Å²) in [6, 6.07) is 11.7. The highest BCUT2D eigenvalue weighted by Gasteiger charge is 2.25. The maximum absolute atomic E-state index is 13.4. The Hall–Kier alpha value is -2.07. The molecule has 0 saturated heterocycles. The number of hydrogen-bond donors (Lipinski definition) is 1. The van der Waals surface area contributed by atoms with Crippen LogP contribution in [0.25, 0.3) is 0 Å². The molecule has 0 bridgehead atoms. The highest BCUT2D eigenvalue weighted by Crippen LogP contribution is 2.34. The summed E-state index contributed by atoms with van der Waals surface area (Å²) in [6.45, 7) is 1.84. The van der Waals surface area contributed by atoms with Crippen LogP contribution in [-0.4, -0.2) is 14.2 Å². The highest BCUT2D eigenvalue weighted by molar-refractivity contribution is 5.47. The van der Waals surface area contributed by atoms with Gasteiger partial charge in [-0.2, -0.15) is 0 Å². The molecule has 2 rings (SSSR count). The van der Waals surface area contributed by atoms with Gasteiger partial charge in [0.15, 0.2) is 11.5 Å². The Morgan fingerprint density at radius 3 is 2.20 bits per heavy atom. The second kappa shape index (κ2) is 5.51. The van der Waals surface area contributed by atoms with E-state index in [4.69, 9.17) is 15.2 Å². The Morgan fingerprint density at radius 2 is 1.60 bits per heavy atom. The highest BCUT2D eigenvalue weighted by atomic mass is 19.1. The van der Waals surface area contributed by atoms with Crippen molar-refractivity contribution in [3.63, 3.8) is 0 Å². The second-order valence-electron chi connectivity index (χ2n) is 4.78. The molecular weight excluding hydrogens is 257 g/mol. The number of hydrogen-bond acceptors (Lipinski definition) is 3. The van der Waals surface area contributed by atoms with Gasteiger partial charge in [0.05, 0.1) is 19.8 Å². The number of methoxy groups -OCH3 is 2. The van der Waals surface area contributed by atoms with Crippen molar-refractivity contribution in [3.8, 4) is 11.5 Å². The lowest BCUT2D eigenvalue weighted by atomic mass is 9.85. The van der Waals surface area contributed by atoms with Crippen LogP contribution in [0.5, 0.6) is 11.5 Å². The van der Waals surface area contributed by atoms with E-state index in [0.29, 0.717) is 17.1 Å². The molecule has 0 aliphatic heterocycles. The fourth-order valence-corrected chi connectivity index (χ4v) is 2.14. The van der Waals surface area contributed by atoms with Crippen molar-refractivity contribution in [1.29, 1.82) is 0 Å². The molecular formula is C16H18FNO2. The number of ether oxygens (including phenoxy) is 2. The molecule has 4 heteroatoms. The van der Waals surface area contributed by atoms with Gasteiger partial charge in [-0.15, -0.1) is 0 Å². The molecule has 0 radical (unpaired) electrons. The maximum atomic E-state index is 13.4. The lowest BCUT2D eigenvalue weighted by Gasteiger charge is -2.26. The van der Waals surface area contributed by atoms with Crippen molar-refractivity contribution in [3.05, 3.63) is 59.4 Å². The molecule has 1 atom stereocenters. The third-order valence-electron chi connectivity index (χ3n) is 3.41. The van der Waals surface area contributed by atoms with E-state index in [1.54, 1.807) is 32.4 Å². The van der Waals surface area contributed by atoms with E-state index in [-0.39, 0.29) is 5.82 Å². The van der Waals surface area contributed by atoms with Gasteiger partial charge in [-0.25, -0.2) is 4.39 Å². The van der Waals surface area contributed by atoms with E-state index in [9.17, 15) is 4.39 Å². The van der Waals surface area contributed by atoms with Crippen LogP contribution in [0.4, 0.5) is 4.39 Å². The van der Waals surface area contributed by atoms with E-state index in [0.717, 1.165) is 5.56 Å². The van der Waals surface area contributed by atoms with Crippen LogP contribution in [-0.2, 0) is 5.54 Å². The Bertz CT molecular complexity index is 611. The van der Waals surface area contributed by atoms with E-state index in [1.807, 2.05) is 19.1 Å². The standard InChI is InChI=1S/C16H18FNO2/c1-16(18,11-5-4-6-13(17)9-11)12-7-8-14(19-2)15(10-12)20-3/h4-10H,18H2,1-3H3. The molecule has 0 heterocycles.